The van der Waals surface area contributed by atoms with Gasteiger partial charge in [0.1, 0.15) is 17.5 Å². The Labute approximate surface area is 236 Å². The zero-order valence-electron chi connectivity index (χ0n) is 22.5. The van der Waals surface area contributed by atoms with Gasteiger partial charge in [0.2, 0.25) is 11.8 Å². The first-order valence-corrected chi connectivity index (χ1v) is 14.0. The van der Waals surface area contributed by atoms with Gasteiger partial charge >= 0.3 is 0 Å². The van der Waals surface area contributed by atoms with Crippen LogP contribution in [0.2, 0.25) is 5.02 Å². The molecule has 0 aromatic heterocycles. The second-order valence-corrected chi connectivity index (χ2v) is 10.4. The molecule has 2 amide bonds. The summed E-state index contributed by atoms with van der Waals surface area (Å²) in [6.07, 6.45) is 5.43. The highest BCUT2D eigenvalue weighted by Crippen LogP contribution is 2.22. The smallest absolute Gasteiger partial charge is 0.243 e. The molecule has 1 atom stereocenters. The maximum Gasteiger partial charge on any atom is 0.243 e. The maximum atomic E-state index is 13.7. The number of carbonyl (C=O) groups is 2. The summed E-state index contributed by atoms with van der Waals surface area (Å²) in [4.78, 5) is 29.2. The van der Waals surface area contributed by atoms with Crippen molar-refractivity contribution in [1.29, 1.82) is 0 Å². The van der Waals surface area contributed by atoms with Gasteiger partial charge in [0.25, 0.3) is 0 Å². The van der Waals surface area contributed by atoms with Gasteiger partial charge in [0, 0.05) is 30.5 Å². The second-order valence-electron chi connectivity index (χ2n) is 9.97. The lowest BCUT2D eigenvalue weighted by atomic mass is 10.0. The molecular weight excluding hydrogens is 512 g/mol. The minimum absolute atomic E-state index is 0.0872. The highest BCUT2D eigenvalue weighted by atomic mass is 35.5. The first-order chi connectivity index (χ1) is 19.0. The van der Waals surface area contributed by atoms with Crippen molar-refractivity contribution in [3.05, 3.63) is 95.0 Å². The van der Waals surface area contributed by atoms with Crippen molar-refractivity contribution in [2.45, 2.75) is 63.6 Å². The van der Waals surface area contributed by atoms with Crippen LogP contribution in [0, 0.1) is 0 Å². The van der Waals surface area contributed by atoms with E-state index < -0.39 is 6.04 Å². The van der Waals surface area contributed by atoms with Crippen LogP contribution in [0.25, 0.3) is 0 Å². The number of ether oxygens (including phenoxy) is 2. The Morgan fingerprint density at radius 1 is 0.949 bits per heavy atom. The number of rotatable bonds is 13. The molecule has 1 N–H and O–H groups in total. The van der Waals surface area contributed by atoms with Gasteiger partial charge in [-0.1, -0.05) is 66.9 Å². The minimum atomic E-state index is -0.637. The summed E-state index contributed by atoms with van der Waals surface area (Å²) in [6, 6.07) is 24.2. The van der Waals surface area contributed by atoms with E-state index in [1.807, 2.05) is 78.9 Å². The number of nitrogens with zero attached hydrogens (tertiary/aromatic N) is 1. The van der Waals surface area contributed by atoms with Crippen LogP contribution in [0.15, 0.2) is 78.9 Å². The van der Waals surface area contributed by atoms with Gasteiger partial charge in [-0.3, -0.25) is 9.59 Å². The summed E-state index contributed by atoms with van der Waals surface area (Å²) in [5.41, 5.74) is 1.90. The lowest BCUT2D eigenvalue weighted by molar-refractivity contribution is -0.141. The summed E-state index contributed by atoms with van der Waals surface area (Å²) in [5.74, 6) is 1.29. The average molecular weight is 549 g/mol. The molecule has 0 unspecified atom stereocenters. The van der Waals surface area contributed by atoms with E-state index in [1.54, 1.807) is 12.0 Å². The largest absolute Gasteiger partial charge is 0.497 e. The fourth-order valence-electron chi connectivity index (χ4n) is 4.98. The van der Waals surface area contributed by atoms with Crippen molar-refractivity contribution in [2.75, 3.05) is 13.7 Å². The third-order valence-electron chi connectivity index (χ3n) is 7.08. The lowest BCUT2D eigenvalue weighted by Gasteiger charge is -2.32. The molecule has 3 aromatic rings. The standard InChI is InChI=1S/C32H37ClN2O4/c1-38-28-16-18-29(19-17-28)39-20-8-15-31(36)35(23-25-11-7-12-26(33)21-25)30(22-24-9-3-2-4-10-24)32(37)34-27-13-5-6-14-27/h2-4,7,9-12,16-19,21,27,30H,5-6,8,13-15,20,22-23H2,1H3,(H,34,37)/t30-/m1/s1. The highest BCUT2D eigenvalue weighted by Gasteiger charge is 2.32. The van der Waals surface area contributed by atoms with Crippen LogP contribution in [-0.2, 0) is 22.6 Å². The number of hydrogen-bond donors (Lipinski definition) is 1. The van der Waals surface area contributed by atoms with Crippen molar-refractivity contribution < 1.29 is 19.1 Å². The number of halogens is 1. The van der Waals surface area contributed by atoms with Gasteiger partial charge < -0.3 is 19.7 Å². The van der Waals surface area contributed by atoms with Gasteiger partial charge in [0.05, 0.1) is 13.7 Å². The summed E-state index contributed by atoms with van der Waals surface area (Å²) in [6.45, 7) is 0.689. The van der Waals surface area contributed by atoms with Crippen LogP contribution in [0.5, 0.6) is 11.5 Å². The summed E-state index contributed by atoms with van der Waals surface area (Å²) >= 11 is 6.27. The number of hydrogen-bond acceptors (Lipinski definition) is 4. The van der Waals surface area contributed by atoms with Gasteiger partial charge in [-0.15, -0.1) is 0 Å². The average Bonchev–Trinajstić information content (AvgIpc) is 3.47. The van der Waals surface area contributed by atoms with Crippen molar-refractivity contribution in [2.24, 2.45) is 0 Å². The molecule has 0 saturated heterocycles. The zero-order chi connectivity index (χ0) is 27.5. The predicted octanol–water partition coefficient (Wildman–Crippen LogP) is 6.21. The van der Waals surface area contributed by atoms with Crippen molar-refractivity contribution in [1.82, 2.24) is 10.2 Å². The molecule has 1 saturated carbocycles. The van der Waals surface area contributed by atoms with E-state index in [0.717, 1.165) is 48.3 Å². The topological polar surface area (TPSA) is 67.9 Å². The number of nitrogens with one attached hydrogen (secondary N) is 1. The van der Waals surface area contributed by atoms with E-state index in [2.05, 4.69) is 5.32 Å². The van der Waals surface area contributed by atoms with Crippen molar-refractivity contribution in [3.8, 4) is 11.5 Å². The Hall–Kier alpha value is -3.51. The fourth-order valence-corrected chi connectivity index (χ4v) is 5.20. The summed E-state index contributed by atoms with van der Waals surface area (Å²) in [5, 5.41) is 3.84. The lowest BCUT2D eigenvalue weighted by Crippen LogP contribution is -2.52. The van der Waals surface area contributed by atoms with Crippen LogP contribution in [-0.4, -0.2) is 42.5 Å². The number of methoxy groups -OCH3 is 1. The summed E-state index contributed by atoms with van der Waals surface area (Å²) < 4.78 is 11.0. The predicted molar refractivity (Wildman–Crippen MR) is 154 cm³/mol. The normalized spacial score (nSPS) is 14.0. The molecule has 39 heavy (non-hydrogen) atoms. The second kappa shape index (κ2) is 14.6. The minimum Gasteiger partial charge on any atom is -0.497 e. The molecule has 1 aliphatic carbocycles. The molecule has 0 aliphatic heterocycles. The third-order valence-corrected chi connectivity index (χ3v) is 7.31. The molecule has 3 aromatic carbocycles. The van der Waals surface area contributed by atoms with E-state index in [9.17, 15) is 9.59 Å². The molecule has 1 fully saturated rings. The monoisotopic (exact) mass is 548 g/mol. The summed E-state index contributed by atoms with van der Waals surface area (Å²) in [7, 11) is 1.62. The highest BCUT2D eigenvalue weighted by molar-refractivity contribution is 6.30. The van der Waals surface area contributed by atoms with Crippen LogP contribution < -0.4 is 14.8 Å². The Morgan fingerprint density at radius 3 is 2.33 bits per heavy atom. The maximum absolute atomic E-state index is 13.7. The first-order valence-electron chi connectivity index (χ1n) is 13.7. The molecule has 0 bridgehead atoms. The SMILES string of the molecule is COc1ccc(OCCCC(=O)N(Cc2cccc(Cl)c2)[C@H](Cc2ccccc2)C(=O)NC2CCCC2)cc1. The molecule has 4 rings (SSSR count). The van der Waals surface area contributed by atoms with Gasteiger partial charge in [-0.05, 0) is 66.8 Å². The number of amides is 2. The molecule has 0 spiro atoms. The third kappa shape index (κ3) is 8.75. The Morgan fingerprint density at radius 2 is 1.64 bits per heavy atom. The molecular formula is C32H37ClN2O4. The number of carbonyl (C=O) groups excluding carboxylic acids is 2. The van der Waals surface area contributed by atoms with E-state index >= 15 is 0 Å². The molecule has 0 heterocycles. The quantitative estimate of drug-likeness (QED) is 0.258. The Kier molecular flexibility index (Phi) is 10.7. The Bertz CT molecular complexity index is 1200. The van der Waals surface area contributed by atoms with Gasteiger partial charge in [-0.25, -0.2) is 0 Å². The molecule has 1 aliphatic rings. The molecule has 7 heteroatoms. The van der Waals surface area contributed by atoms with Crippen molar-refractivity contribution >= 4 is 23.4 Å². The molecule has 6 nitrogen and oxygen atoms in total. The zero-order valence-corrected chi connectivity index (χ0v) is 23.2. The molecule has 0 radical (unpaired) electrons. The van der Waals surface area contributed by atoms with Crippen LogP contribution in [0.4, 0.5) is 0 Å². The first kappa shape index (κ1) is 28.5. The van der Waals surface area contributed by atoms with E-state index in [-0.39, 0.29) is 24.3 Å². The Balaban J connectivity index is 1.50. The fraction of sp³-hybridized carbons (Fsp3) is 0.375. The van der Waals surface area contributed by atoms with Gasteiger partial charge in [0.15, 0.2) is 0 Å². The van der Waals surface area contributed by atoms with E-state index in [1.165, 1.54) is 0 Å². The van der Waals surface area contributed by atoms with Crippen LogP contribution >= 0.6 is 11.6 Å². The van der Waals surface area contributed by atoms with Gasteiger partial charge in [-0.2, -0.15) is 0 Å². The van der Waals surface area contributed by atoms with Crippen molar-refractivity contribution in [3.63, 3.8) is 0 Å². The van der Waals surface area contributed by atoms with Crippen LogP contribution in [0.1, 0.15) is 49.7 Å². The van der Waals surface area contributed by atoms with Crippen LogP contribution in [0.3, 0.4) is 0 Å². The number of benzene rings is 3. The van der Waals surface area contributed by atoms with E-state index in [0.29, 0.717) is 31.0 Å². The molecule has 206 valence electrons. The van der Waals surface area contributed by atoms with E-state index in [4.69, 9.17) is 21.1 Å².